The second-order valence-electron chi connectivity index (χ2n) is 4.81. The normalized spacial score (nSPS) is 10.6. The fourth-order valence-corrected chi connectivity index (χ4v) is 2.79. The zero-order valence-corrected chi connectivity index (χ0v) is 13.0. The van der Waals surface area contributed by atoms with Crippen LogP contribution in [0.25, 0.3) is 11.3 Å². The summed E-state index contributed by atoms with van der Waals surface area (Å²) in [7, 11) is 0. The standard InChI is InChI=1S/C15H14N4O2S/c1-9-12(10(2)21-19-9)6-14(20)18-15-17-13(8-22-15)11-4-3-5-16-7-11/h3-5,7-8H,6H2,1-2H3,(H,17,18,20). The summed E-state index contributed by atoms with van der Waals surface area (Å²) >= 11 is 1.38. The molecule has 22 heavy (non-hydrogen) atoms. The van der Waals surface area contributed by atoms with E-state index >= 15 is 0 Å². The largest absolute Gasteiger partial charge is 0.361 e. The molecule has 0 spiro atoms. The number of aromatic nitrogens is 3. The minimum Gasteiger partial charge on any atom is -0.361 e. The minimum atomic E-state index is -0.138. The third kappa shape index (κ3) is 3.04. The van der Waals surface area contributed by atoms with Gasteiger partial charge in [0.2, 0.25) is 5.91 Å². The highest BCUT2D eigenvalue weighted by molar-refractivity contribution is 7.14. The van der Waals surface area contributed by atoms with Crippen molar-refractivity contribution in [3.63, 3.8) is 0 Å². The van der Waals surface area contributed by atoms with Gasteiger partial charge in [-0.3, -0.25) is 9.78 Å². The van der Waals surface area contributed by atoms with Crippen molar-refractivity contribution < 1.29 is 9.32 Å². The lowest BCUT2D eigenvalue weighted by atomic mass is 10.1. The molecule has 0 saturated heterocycles. The molecule has 112 valence electrons. The van der Waals surface area contributed by atoms with Gasteiger partial charge in [0.05, 0.1) is 17.8 Å². The Morgan fingerprint density at radius 3 is 2.95 bits per heavy atom. The number of nitrogens with zero attached hydrogens (tertiary/aromatic N) is 3. The number of amides is 1. The number of carbonyl (C=O) groups is 1. The van der Waals surface area contributed by atoms with E-state index in [1.807, 2.05) is 24.4 Å². The van der Waals surface area contributed by atoms with E-state index in [0.717, 1.165) is 22.5 Å². The fourth-order valence-electron chi connectivity index (χ4n) is 2.06. The van der Waals surface area contributed by atoms with Crippen molar-refractivity contribution in [2.24, 2.45) is 0 Å². The molecule has 1 amide bonds. The first-order chi connectivity index (χ1) is 10.6. The number of pyridine rings is 1. The van der Waals surface area contributed by atoms with Gasteiger partial charge >= 0.3 is 0 Å². The molecule has 0 radical (unpaired) electrons. The van der Waals surface area contributed by atoms with Crippen molar-refractivity contribution in [1.82, 2.24) is 15.1 Å². The molecular weight excluding hydrogens is 300 g/mol. The highest BCUT2D eigenvalue weighted by atomic mass is 32.1. The van der Waals surface area contributed by atoms with Gasteiger partial charge in [-0.15, -0.1) is 11.3 Å². The maximum absolute atomic E-state index is 12.1. The lowest BCUT2D eigenvalue weighted by Crippen LogP contribution is -2.15. The quantitative estimate of drug-likeness (QED) is 0.800. The summed E-state index contributed by atoms with van der Waals surface area (Å²) in [5, 5.41) is 9.11. The topological polar surface area (TPSA) is 80.9 Å². The molecule has 3 heterocycles. The van der Waals surface area contributed by atoms with Crippen molar-refractivity contribution in [3.8, 4) is 11.3 Å². The van der Waals surface area contributed by atoms with Crippen LogP contribution in [0.2, 0.25) is 0 Å². The molecule has 0 aliphatic heterocycles. The van der Waals surface area contributed by atoms with Gasteiger partial charge in [-0.05, 0) is 26.0 Å². The number of hydrogen-bond donors (Lipinski definition) is 1. The van der Waals surface area contributed by atoms with Gasteiger partial charge < -0.3 is 9.84 Å². The highest BCUT2D eigenvalue weighted by Crippen LogP contribution is 2.24. The predicted molar refractivity (Wildman–Crippen MR) is 83.7 cm³/mol. The molecule has 0 atom stereocenters. The first kappa shape index (κ1) is 14.4. The lowest BCUT2D eigenvalue weighted by molar-refractivity contribution is -0.115. The van der Waals surface area contributed by atoms with Gasteiger partial charge in [0.1, 0.15) is 5.76 Å². The molecule has 0 bridgehead atoms. The van der Waals surface area contributed by atoms with E-state index in [4.69, 9.17) is 4.52 Å². The van der Waals surface area contributed by atoms with Crippen LogP contribution in [0.3, 0.4) is 0 Å². The number of carbonyl (C=O) groups excluding carboxylic acids is 1. The zero-order valence-electron chi connectivity index (χ0n) is 12.2. The molecule has 3 aromatic heterocycles. The summed E-state index contributed by atoms with van der Waals surface area (Å²) < 4.78 is 5.06. The Kier molecular flexibility index (Phi) is 3.97. The molecule has 3 aromatic rings. The predicted octanol–water partition coefficient (Wildman–Crippen LogP) is 2.99. The molecule has 0 aliphatic rings. The summed E-state index contributed by atoms with van der Waals surface area (Å²) in [6.07, 6.45) is 3.68. The SMILES string of the molecule is Cc1noc(C)c1CC(=O)Nc1nc(-c2cccnc2)cs1. The van der Waals surface area contributed by atoms with Crippen LogP contribution in [-0.2, 0) is 11.2 Å². The Morgan fingerprint density at radius 1 is 1.41 bits per heavy atom. The summed E-state index contributed by atoms with van der Waals surface area (Å²) in [6, 6.07) is 3.78. The summed E-state index contributed by atoms with van der Waals surface area (Å²) in [6.45, 7) is 3.62. The molecule has 0 saturated carbocycles. The Hall–Kier alpha value is -2.54. The number of hydrogen-bond acceptors (Lipinski definition) is 6. The number of anilines is 1. The molecule has 0 aliphatic carbocycles. The van der Waals surface area contributed by atoms with Gasteiger partial charge in [-0.2, -0.15) is 0 Å². The maximum Gasteiger partial charge on any atom is 0.230 e. The average molecular weight is 314 g/mol. The van der Waals surface area contributed by atoms with E-state index in [9.17, 15) is 4.79 Å². The summed E-state index contributed by atoms with van der Waals surface area (Å²) in [5.41, 5.74) is 3.28. The Balaban J connectivity index is 1.69. The third-order valence-corrected chi connectivity index (χ3v) is 3.98. The monoisotopic (exact) mass is 314 g/mol. The van der Waals surface area contributed by atoms with Crippen LogP contribution in [-0.4, -0.2) is 21.0 Å². The van der Waals surface area contributed by atoms with E-state index in [-0.39, 0.29) is 12.3 Å². The number of thiazole rings is 1. The Bertz CT molecular complexity index is 775. The minimum absolute atomic E-state index is 0.138. The average Bonchev–Trinajstić information content (AvgIpc) is 3.10. The van der Waals surface area contributed by atoms with Crippen LogP contribution >= 0.6 is 11.3 Å². The lowest BCUT2D eigenvalue weighted by Gasteiger charge is -2.01. The highest BCUT2D eigenvalue weighted by Gasteiger charge is 2.14. The van der Waals surface area contributed by atoms with E-state index < -0.39 is 0 Å². The first-order valence-electron chi connectivity index (χ1n) is 6.71. The van der Waals surface area contributed by atoms with Crippen molar-refractivity contribution in [2.75, 3.05) is 5.32 Å². The van der Waals surface area contributed by atoms with Crippen LogP contribution in [0.15, 0.2) is 34.4 Å². The summed E-state index contributed by atoms with van der Waals surface area (Å²) in [5.74, 6) is 0.532. The van der Waals surface area contributed by atoms with Gasteiger partial charge in [0.25, 0.3) is 0 Å². The van der Waals surface area contributed by atoms with Crippen LogP contribution in [0, 0.1) is 13.8 Å². The van der Waals surface area contributed by atoms with Gasteiger partial charge in [-0.1, -0.05) is 5.16 Å². The molecule has 0 unspecified atom stereocenters. The fraction of sp³-hybridized carbons (Fsp3) is 0.200. The van der Waals surface area contributed by atoms with Crippen molar-refractivity contribution >= 4 is 22.4 Å². The van der Waals surface area contributed by atoms with Gasteiger partial charge in [0.15, 0.2) is 5.13 Å². The van der Waals surface area contributed by atoms with Gasteiger partial charge in [-0.25, -0.2) is 4.98 Å². The van der Waals surface area contributed by atoms with Crippen LogP contribution in [0.1, 0.15) is 17.0 Å². The zero-order chi connectivity index (χ0) is 15.5. The molecule has 0 fully saturated rings. The maximum atomic E-state index is 12.1. The number of rotatable bonds is 4. The van der Waals surface area contributed by atoms with Crippen molar-refractivity contribution in [2.45, 2.75) is 20.3 Å². The smallest absolute Gasteiger partial charge is 0.230 e. The Labute approximate surface area is 131 Å². The molecular formula is C15H14N4O2S. The van der Waals surface area contributed by atoms with E-state index in [0.29, 0.717) is 10.9 Å². The first-order valence-corrected chi connectivity index (χ1v) is 7.59. The number of aryl methyl sites for hydroxylation is 2. The van der Waals surface area contributed by atoms with E-state index in [1.54, 1.807) is 19.3 Å². The molecule has 7 heteroatoms. The number of nitrogens with one attached hydrogen (secondary N) is 1. The van der Waals surface area contributed by atoms with Crippen molar-refractivity contribution in [3.05, 3.63) is 46.9 Å². The van der Waals surface area contributed by atoms with Crippen LogP contribution in [0.4, 0.5) is 5.13 Å². The second kappa shape index (κ2) is 6.07. The Morgan fingerprint density at radius 2 is 2.27 bits per heavy atom. The molecule has 6 nitrogen and oxygen atoms in total. The third-order valence-electron chi connectivity index (χ3n) is 3.23. The molecule has 0 aromatic carbocycles. The van der Waals surface area contributed by atoms with E-state index in [2.05, 4.69) is 20.4 Å². The van der Waals surface area contributed by atoms with E-state index in [1.165, 1.54) is 11.3 Å². The molecule has 3 rings (SSSR count). The molecule has 1 N–H and O–H groups in total. The second-order valence-corrected chi connectivity index (χ2v) is 5.67. The van der Waals surface area contributed by atoms with Gasteiger partial charge in [0, 0.05) is 28.9 Å². The van der Waals surface area contributed by atoms with Crippen molar-refractivity contribution in [1.29, 1.82) is 0 Å². The summed E-state index contributed by atoms with van der Waals surface area (Å²) in [4.78, 5) is 20.6. The van der Waals surface area contributed by atoms with Crippen LogP contribution in [0.5, 0.6) is 0 Å². The van der Waals surface area contributed by atoms with Crippen LogP contribution < -0.4 is 5.32 Å².